The van der Waals surface area contributed by atoms with Crippen molar-refractivity contribution in [1.82, 2.24) is 0 Å². The van der Waals surface area contributed by atoms with Crippen molar-refractivity contribution in [3.05, 3.63) is 10.9 Å². The number of rotatable bonds is 6. The largest absolute Gasteiger partial charge is 0.480 e. The fraction of sp³-hybridized carbons (Fsp3) is 0.571. The van der Waals surface area contributed by atoms with E-state index in [2.05, 4.69) is 4.74 Å². The van der Waals surface area contributed by atoms with Gasteiger partial charge in [-0.1, -0.05) is 11.8 Å². The Morgan fingerprint density at radius 2 is 2.00 bits per heavy atom. The molecule has 0 saturated heterocycles. The monoisotopic (exact) mass is 281 g/mol. The maximum Gasteiger partial charge on any atom is 0.452 e. The van der Waals surface area contributed by atoms with E-state index in [1.807, 2.05) is 0 Å². The molecule has 4 nitrogen and oxygen atoms in total. The third kappa shape index (κ3) is 5.73. The van der Waals surface area contributed by atoms with Crippen molar-refractivity contribution in [1.29, 1.82) is 0 Å². The van der Waals surface area contributed by atoms with Crippen LogP contribution in [0.5, 0.6) is 0 Å². The first-order valence-corrected chi connectivity index (χ1v) is 4.95. The fourth-order valence-electron chi connectivity index (χ4n) is 0.604. The highest BCUT2D eigenvalue weighted by Gasteiger charge is 2.40. The summed E-state index contributed by atoms with van der Waals surface area (Å²) in [6.07, 6.45) is -5.20. The number of nitrogens with two attached hydrogens (primary N) is 1. The molecular formula is C7H8F5NO3S. The number of hydrogen-bond donors (Lipinski definition) is 2. The average molecular weight is 281 g/mol. The predicted molar refractivity (Wildman–Crippen MR) is 49.3 cm³/mol. The first-order valence-electron chi connectivity index (χ1n) is 3.97. The summed E-state index contributed by atoms with van der Waals surface area (Å²) in [6.45, 7) is -1.85. The van der Waals surface area contributed by atoms with Gasteiger partial charge in [0.15, 0.2) is 0 Å². The van der Waals surface area contributed by atoms with Crippen molar-refractivity contribution < 1.29 is 36.6 Å². The Balaban J connectivity index is 4.68. The number of thioether (sulfide) groups is 1. The third-order valence-corrected chi connectivity index (χ3v) is 2.31. The Kier molecular flexibility index (Phi) is 6.24. The van der Waals surface area contributed by atoms with Crippen molar-refractivity contribution in [3.8, 4) is 0 Å². The molecule has 1 atom stereocenters. The van der Waals surface area contributed by atoms with Crippen molar-refractivity contribution in [2.24, 2.45) is 5.73 Å². The fourth-order valence-corrected chi connectivity index (χ4v) is 1.38. The van der Waals surface area contributed by atoms with Crippen LogP contribution < -0.4 is 5.73 Å². The number of ether oxygens (including phenoxy) is 1. The molecule has 0 amide bonds. The molecule has 0 spiro atoms. The summed E-state index contributed by atoms with van der Waals surface area (Å²) < 4.78 is 64.3. The predicted octanol–water partition coefficient (Wildman–Crippen LogP) is 1.78. The van der Waals surface area contributed by atoms with Gasteiger partial charge in [0.05, 0.1) is 0 Å². The van der Waals surface area contributed by atoms with Crippen LogP contribution in [0.25, 0.3) is 0 Å². The summed E-state index contributed by atoms with van der Waals surface area (Å²) in [5.41, 5.74) is 4.94. The Morgan fingerprint density at radius 1 is 1.47 bits per heavy atom. The molecule has 10 heteroatoms. The van der Waals surface area contributed by atoms with Crippen LogP contribution in [-0.2, 0) is 9.53 Å². The van der Waals surface area contributed by atoms with Crippen LogP contribution in [0.1, 0.15) is 0 Å². The molecule has 0 aliphatic rings. The van der Waals surface area contributed by atoms with E-state index in [9.17, 15) is 26.7 Å². The minimum absolute atomic E-state index is 0.117. The molecule has 0 aromatic heterocycles. The molecule has 3 N–H and O–H groups in total. The number of allylic oxidation sites excluding steroid dienone is 1. The van der Waals surface area contributed by atoms with E-state index >= 15 is 0 Å². The molecule has 1 unspecified atom stereocenters. The van der Waals surface area contributed by atoms with Crippen LogP contribution in [0.4, 0.5) is 22.0 Å². The first-order chi connectivity index (χ1) is 7.70. The molecule has 100 valence electrons. The number of halogens is 5. The highest BCUT2D eigenvalue weighted by Crippen LogP contribution is 2.34. The molecule has 0 aliphatic carbocycles. The van der Waals surface area contributed by atoms with Gasteiger partial charge in [-0.05, 0) is 0 Å². The SMILES string of the molecule is NC(CS/C(F)=C(\OCF)C(F)(F)F)C(=O)O. The van der Waals surface area contributed by atoms with Gasteiger partial charge in [-0.2, -0.15) is 17.6 Å². The number of aliphatic carboxylic acids is 1. The number of alkyl halides is 4. The standard InChI is InChI=1S/C7H8F5NO3S/c8-2-16-4(7(10,11)12)5(9)17-1-3(13)6(14)15/h3H,1-2,13H2,(H,14,15)/b5-4-. The van der Waals surface area contributed by atoms with E-state index in [4.69, 9.17) is 10.8 Å². The van der Waals surface area contributed by atoms with Gasteiger partial charge in [-0.3, -0.25) is 4.79 Å². The number of carbonyl (C=O) groups is 1. The molecule has 0 fully saturated rings. The minimum Gasteiger partial charge on any atom is -0.480 e. The Bertz CT molecular complexity index is 306. The highest BCUT2D eigenvalue weighted by molar-refractivity contribution is 8.02. The van der Waals surface area contributed by atoms with Crippen LogP contribution in [0, 0.1) is 0 Å². The molecule has 0 saturated carbocycles. The molecular weight excluding hydrogens is 273 g/mol. The lowest BCUT2D eigenvalue weighted by molar-refractivity contribution is -0.139. The first kappa shape index (κ1) is 16.0. The average Bonchev–Trinajstić information content (AvgIpc) is 2.20. The Hall–Kier alpha value is -1.03. The summed E-state index contributed by atoms with van der Waals surface area (Å²) in [4.78, 5) is 10.2. The van der Waals surface area contributed by atoms with Crippen molar-refractivity contribution in [2.45, 2.75) is 12.2 Å². The van der Waals surface area contributed by atoms with Crippen molar-refractivity contribution in [3.63, 3.8) is 0 Å². The van der Waals surface area contributed by atoms with E-state index in [0.717, 1.165) is 0 Å². The lowest BCUT2D eigenvalue weighted by Crippen LogP contribution is -2.32. The summed E-state index contributed by atoms with van der Waals surface area (Å²) in [5.74, 6) is -4.27. The van der Waals surface area contributed by atoms with E-state index < -0.39 is 41.7 Å². The van der Waals surface area contributed by atoms with Crippen molar-refractivity contribution in [2.75, 3.05) is 12.6 Å². The topological polar surface area (TPSA) is 72.5 Å². The molecule has 0 radical (unpaired) electrons. The third-order valence-electron chi connectivity index (χ3n) is 1.34. The van der Waals surface area contributed by atoms with E-state index in [1.54, 1.807) is 0 Å². The number of carboxylic acid groups (broad SMARTS) is 1. The molecule has 17 heavy (non-hydrogen) atoms. The molecule has 0 aliphatic heterocycles. The van der Waals surface area contributed by atoms with Gasteiger partial charge in [0.1, 0.15) is 6.04 Å². The van der Waals surface area contributed by atoms with Crippen LogP contribution >= 0.6 is 11.8 Å². The number of hydrogen-bond acceptors (Lipinski definition) is 4. The van der Waals surface area contributed by atoms with E-state index in [1.165, 1.54) is 0 Å². The van der Waals surface area contributed by atoms with Gasteiger partial charge < -0.3 is 15.6 Å². The summed E-state index contributed by atoms with van der Waals surface area (Å²) in [7, 11) is 0. The van der Waals surface area contributed by atoms with Gasteiger partial charge >= 0.3 is 12.1 Å². The van der Waals surface area contributed by atoms with Gasteiger partial charge in [-0.25, -0.2) is 4.39 Å². The van der Waals surface area contributed by atoms with Gasteiger partial charge in [-0.15, -0.1) is 0 Å². The van der Waals surface area contributed by atoms with Gasteiger partial charge in [0.25, 0.3) is 0 Å². The smallest absolute Gasteiger partial charge is 0.452 e. The van der Waals surface area contributed by atoms with Crippen LogP contribution in [0.15, 0.2) is 10.9 Å². The summed E-state index contributed by atoms with van der Waals surface area (Å²) >= 11 is -0.117. The highest BCUT2D eigenvalue weighted by atomic mass is 32.2. The summed E-state index contributed by atoms with van der Waals surface area (Å²) in [5, 5.41) is 6.44. The van der Waals surface area contributed by atoms with Gasteiger partial charge in [0.2, 0.25) is 17.8 Å². The zero-order chi connectivity index (χ0) is 13.6. The molecule has 0 aromatic rings. The van der Waals surface area contributed by atoms with Gasteiger partial charge in [0, 0.05) is 5.75 Å². The molecule has 0 aromatic carbocycles. The lowest BCUT2D eigenvalue weighted by Gasteiger charge is -2.12. The molecule has 0 bridgehead atoms. The quantitative estimate of drug-likeness (QED) is 0.573. The summed E-state index contributed by atoms with van der Waals surface area (Å²) in [6, 6.07) is -1.54. The van der Waals surface area contributed by atoms with E-state index in [-0.39, 0.29) is 11.8 Å². The van der Waals surface area contributed by atoms with E-state index in [0.29, 0.717) is 0 Å². The zero-order valence-corrected chi connectivity index (χ0v) is 8.95. The normalized spacial score (nSPS) is 15.2. The van der Waals surface area contributed by atoms with Crippen LogP contribution in [0.2, 0.25) is 0 Å². The number of carboxylic acids is 1. The maximum atomic E-state index is 13.0. The van der Waals surface area contributed by atoms with Crippen LogP contribution in [-0.4, -0.2) is 35.9 Å². The minimum atomic E-state index is -5.20. The molecule has 0 heterocycles. The van der Waals surface area contributed by atoms with Crippen molar-refractivity contribution >= 4 is 17.7 Å². The zero-order valence-electron chi connectivity index (χ0n) is 8.13. The van der Waals surface area contributed by atoms with Crippen LogP contribution in [0.3, 0.4) is 0 Å². The second kappa shape index (κ2) is 6.64. The molecule has 0 rings (SSSR count). The Morgan fingerprint density at radius 3 is 2.35 bits per heavy atom. The second-order valence-corrected chi connectivity index (χ2v) is 3.59. The maximum absolute atomic E-state index is 13.0. The lowest BCUT2D eigenvalue weighted by atomic mass is 10.4. The Labute approximate surface area is 96.6 Å². The second-order valence-electron chi connectivity index (χ2n) is 2.61.